The summed E-state index contributed by atoms with van der Waals surface area (Å²) in [5, 5.41) is 3.64. The third kappa shape index (κ3) is 5.76. The van der Waals surface area contributed by atoms with Crippen molar-refractivity contribution in [2.75, 3.05) is 50.7 Å². The summed E-state index contributed by atoms with van der Waals surface area (Å²) in [6, 6.07) is 10.3. The Kier molecular flexibility index (Phi) is 7.71. The number of hydrogen-bond donors (Lipinski definition) is 1. The van der Waals surface area contributed by atoms with Crippen molar-refractivity contribution in [3.05, 3.63) is 70.9 Å². The second-order valence-corrected chi connectivity index (χ2v) is 12.1. The topological polar surface area (TPSA) is 34.6 Å². The van der Waals surface area contributed by atoms with Gasteiger partial charge in [-0.05, 0) is 69.0 Å². The lowest BCUT2D eigenvalue weighted by molar-refractivity contribution is 0.0850. The number of halogens is 1. The second-order valence-electron chi connectivity index (χ2n) is 12.1. The minimum Gasteiger partial charge on any atom is -0.342 e. The van der Waals surface area contributed by atoms with Gasteiger partial charge in [0.05, 0.1) is 11.4 Å². The summed E-state index contributed by atoms with van der Waals surface area (Å²) in [5.74, 6) is -0.197. The van der Waals surface area contributed by atoms with E-state index in [0.29, 0.717) is 12.1 Å². The Hall–Kier alpha value is -2.28. The highest BCUT2D eigenvalue weighted by Gasteiger charge is 2.39. The Morgan fingerprint density at radius 1 is 1.16 bits per heavy atom. The molecule has 2 saturated heterocycles. The Bertz CT molecular complexity index is 1110. The van der Waals surface area contributed by atoms with Gasteiger partial charge in [0.15, 0.2) is 0 Å². The predicted octanol–water partition coefficient (Wildman–Crippen LogP) is 4.88. The molecule has 0 bridgehead atoms. The van der Waals surface area contributed by atoms with E-state index in [4.69, 9.17) is 4.98 Å². The lowest BCUT2D eigenvalue weighted by Crippen LogP contribution is -2.58. The first-order valence-electron chi connectivity index (χ1n) is 14.1. The molecular formula is C31H44FN5. The number of anilines is 1. The SMILES string of the molecule is C=C(CN1CCNCC1CN1CCCCC1C)N1CC(C)(C)c2nc(C)c(Cc3ccc(F)cc3)cc21. The van der Waals surface area contributed by atoms with Crippen LogP contribution in [0.4, 0.5) is 10.1 Å². The molecule has 6 heteroatoms. The quantitative estimate of drug-likeness (QED) is 0.580. The maximum absolute atomic E-state index is 13.4. The number of piperazine rings is 1. The van der Waals surface area contributed by atoms with E-state index in [1.165, 1.54) is 49.2 Å². The molecule has 3 aliphatic heterocycles. The van der Waals surface area contributed by atoms with Crippen LogP contribution in [0.1, 0.15) is 62.5 Å². The van der Waals surface area contributed by atoms with Crippen LogP contribution in [0.25, 0.3) is 0 Å². The number of nitrogens with zero attached hydrogens (tertiary/aromatic N) is 4. The van der Waals surface area contributed by atoms with E-state index >= 15 is 0 Å². The smallest absolute Gasteiger partial charge is 0.123 e. The molecule has 1 aromatic heterocycles. The minimum atomic E-state index is -0.197. The van der Waals surface area contributed by atoms with Crippen molar-refractivity contribution in [1.82, 2.24) is 20.1 Å². The van der Waals surface area contributed by atoms with Gasteiger partial charge in [0.2, 0.25) is 0 Å². The molecule has 37 heavy (non-hydrogen) atoms. The molecule has 2 atom stereocenters. The molecule has 0 saturated carbocycles. The molecule has 2 fully saturated rings. The average Bonchev–Trinajstić information content (AvgIpc) is 3.13. The van der Waals surface area contributed by atoms with E-state index in [1.54, 1.807) is 0 Å². The average molecular weight is 506 g/mol. The van der Waals surface area contributed by atoms with E-state index in [9.17, 15) is 4.39 Å². The van der Waals surface area contributed by atoms with Gasteiger partial charge in [0.25, 0.3) is 0 Å². The highest BCUT2D eigenvalue weighted by Crippen LogP contribution is 2.42. The standard InChI is InChI=1S/C31H44FN5/c1-22-8-6-7-14-35(22)20-28-18-33-13-15-36(28)19-23(2)37-21-31(4,5)30-29(37)17-26(24(3)34-30)16-25-9-11-27(32)12-10-25/h9-12,17,22,28,33H,2,6-8,13-16,18-21H2,1,3-5H3. The zero-order valence-electron chi connectivity index (χ0n) is 23.2. The van der Waals surface area contributed by atoms with E-state index in [2.05, 4.69) is 60.4 Å². The Morgan fingerprint density at radius 3 is 2.70 bits per heavy atom. The van der Waals surface area contributed by atoms with Crippen LogP contribution < -0.4 is 10.2 Å². The minimum absolute atomic E-state index is 0.0382. The first-order valence-corrected chi connectivity index (χ1v) is 14.1. The summed E-state index contributed by atoms with van der Waals surface area (Å²) in [7, 11) is 0. The van der Waals surface area contributed by atoms with E-state index in [1.807, 2.05) is 12.1 Å². The van der Waals surface area contributed by atoms with Crippen LogP contribution in [0.3, 0.4) is 0 Å². The Labute approximate surface area is 222 Å². The molecule has 0 spiro atoms. The summed E-state index contributed by atoms with van der Waals surface area (Å²) >= 11 is 0. The lowest BCUT2D eigenvalue weighted by atomic mass is 9.90. The molecule has 5 nitrogen and oxygen atoms in total. The molecule has 4 heterocycles. The highest BCUT2D eigenvalue weighted by atomic mass is 19.1. The van der Waals surface area contributed by atoms with Gasteiger partial charge in [-0.3, -0.25) is 14.8 Å². The number of pyridine rings is 1. The van der Waals surface area contributed by atoms with E-state index in [-0.39, 0.29) is 11.2 Å². The number of nitrogens with one attached hydrogen (secondary N) is 1. The van der Waals surface area contributed by atoms with Crippen LogP contribution in [0.2, 0.25) is 0 Å². The van der Waals surface area contributed by atoms with Crippen molar-refractivity contribution in [2.45, 2.75) is 70.9 Å². The van der Waals surface area contributed by atoms with Crippen LogP contribution in [-0.4, -0.2) is 72.7 Å². The second kappa shape index (κ2) is 10.8. The summed E-state index contributed by atoms with van der Waals surface area (Å²) in [4.78, 5) is 12.9. The van der Waals surface area contributed by atoms with Gasteiger partial charge in [-0.15, -0.1) is 0 Å². The largest absolute Gasteiger partial charge is 0.342 e. The number of hydrogen-bond acceptors (Lipinski definition) is 5. The fraction of sp³-hybridized carbons (Fsp3) is 0.581. The molecule has 2 unspecified atom stereocenters. The molecule has 1 aromatic carbocycles. The number of fused-ring (bicyclic) bond motifs is 1. The number of aromatic nitrogens is 1. The molecule has 1 N–H and O–H groups in total. The molecule has 5 rings (SSSR count). The number of benzene rings is 1. The number of rotatable bonds is 7. The first kappa shape index (κ1) is 26.3. The number of likely N-dealkylation sites (tertiary alicyclic amines) is 1. The molecule has 3 aliphatic rings. The van der Waals surface area contributed by atoms with Crippen LogP contribution in [0.5, 0.6) is 0 Å². The zero-order chi connectivity index (χ0) is 26.2. The molecule has 0 aliphatic carbocycles. The molecule has 200 valence electrons. The van der Waals surface area contributed by atoms with E-state index in [0.717, 1.165) is 68.3 Å². The molecule has 0 radical (unpaired) electrons. The van der Waals surface area contributed by atoms with Crippen molar-refractivity contribution in [3.63, 3.8) is 0 Å². The van der Waals surface area contributed by atoms with Gasteiger partial charge >= 0.3 is 0 Å². The Balaban J connectivity index is 1.34. The zero-order valence-corrected chi connectivity index (χ0v) is 23.2. The summed E-state index contributed by atoms with van der Waals surface area (Å²) in [5.41, 5.74) is 6.82. The van der Waals surface area contributed by atoms with E-state index < -0.39 is 0 Å². The van der Waals surface area contributed by atoms with Crippen molar-refractivity contribution in [1.29, 1.82) is 0 Å². The van der Waals surface area contributed by atoms with Crippen molar-refractivity contribution >= 4 is 5.69 Å². The van der Waals surface area contributed by atoms with Gasteiger partial charge in [-0.1, -0.05) is 39.0 Å². The van der Waals surface area contributed by atoms with Crippen molar-refractivity contribution < 1.29 is 4.39 Å². The third-order valence-corrected chi connectivity index (χ3v) is 8.72. The third-order valence-electron chi connectivity index (χ3n) is 8.72. The monoisotopic (exact) mass is 505 g/mol. The normalized spacial score (nSPS) is 24.3. The number of piperidine rings is 1. The van der Waals surface area contributed by atoms with Gasteiger partial charge in [-0.25, -0.2) is 4.39 Å². The molecule has 2 aromatic rings. The number of aryl methyl sites for hydroxylation is 1. The summed E-state index contributed by atoms with van der Waals surface area (Å²) in [6.45, 7) is 20.9. The maximum Gasteiger partial charge on any atom is 0.123 e. The van der Waals surface area contributed by atoms with Gasteiger partial charge in [-0.2, -0.15) is 0 Å². The van der Waals surface area contributed by atoms with Crippen LogP contribution in [0, 0.1) is 12.7 Å². The van der Waals surface area contributed by atoms with Crippen LogP contribution in [0.15, 0.2) is 42.6 Å². The molecular weight excluding hydrogens is 461 g/mol. The summed E-state index contributed by atoms with van der Waals surface area (Å²) in [6.07, 6.45) is 4.76. The van der Waals surface area contributed by atoms with Crippen LogP contribution >= 0.6 is 0 Å². The fourth-order valence-electron chi connectivity index (χ4n) is 6.39. The molecule has 0 amide bonds. The van der Waals surface area contributed by atoms with Gasteiger partial charge in [0, 0.05) is 68.2 Å². The Morgan fingerprint density at radius 2 is 1.95 bits per heavy atom. The highest BCUT2D eigenvalue weighted by molar-refractivity contribution is 5.65. The first-order chi connectivity index (χ1) is 17.7. The van der Waals surface area contributed by atoms with Crippen LogP contribution in [-0.2, 0) is 11.8 Å². The summed E-state index contributed by atoms with van der Waals surface area (Å²) < 4.78 is 13.4. The fourth-order valence-corrected chi connectivity index (χ4v) is 6.39. The van der Waals surface area contributed by atoms with Crippen molar-refractivity contribution in [2.24, 2.45) is 0 Å². The van der Waals surface area contributed by atoms with Gasteiger partial charge < -0.3 is 10.2 Å². The maximum atomic E-state index is 13.4. The lowest BCUT2D eigenvalue weighted by Gasteiger charge is -2.43. The van der Waals surface area contributed by atoms with Crippen molar-refractivity contribution in [3.8, 4) is 0 Å². The van der Waals surface area contributed by atoms with Gasteiger partial charge in [0.1, 0.15) is 5.82 Å². The predicted molar refractivity (Wildman–Crippen MR) is 151 cm³/mol.